The molecule has 0 fully saturated rings. The molecule has 0 heterocycles. The maximum absolute atomic E-state index is 13.6. The monoisotopic (exact) mass is 439 g/mol. The van der Waals surface area contributed by atoms with E-state index in [-0.39, 0.29) is 24.2 Å². The zero-order valence-corrected chi connectivity index (χ0v) is 18.0. The van der Waals surface area contributed by atoms with Crippen molar-refractivity contribution in [1.82, 2.24) is 0 Å². The van der Waals surface area contributed by atoms with Gasteiger partial charge in [0.25, 0.3) is 0 Å². The lowest BCUT2D eigenvalue weighted by atomic mass is 9.90. The second-order valence-electron chi connectivity index (χ2n) is 7.59. The van der Waals surface area contributed by atoms with Gasteiger partial charge in [0, 0.05) is 0 Å². The molecule has 0 saturated heterocycles. The summed E-state index contributed by atoms with van der Waals surface area (Å²) in [5.74, 6) is -1.62. The molecular formula is C23H28F3NO2S. The summed E-state index contributed by atoms with van der Waals surface area (Å²) in [6, 6.07) is 13.6. The third-order valence-electron chi connectivity index (χ3n) is 5.04. The Morgan fingerprint density at radius 3 is 2.20 bits per heavy atom. The molecule has 2 atom stereocenters. The number of halogens is 3. The van der Waals surface area contributed by atoms with Crippen LogP contribution in [0, 0.1) is 0 Å². The highest BCUT2D eigenvalue weighted by Gasteiger charge is 2.40. The van der Waals surface area contributed by atoms with Gasteiger partial charge in [-0.3, -0.25) is 4.79 Å². The van der Waals surface area contributed by atoms with Crippen LogP contribution in [0.2, 0.25) is 0 Å². The molecule has 3 N–H and O–H groups in total. The Morgan fingerprint density at radius 2 is 1.63 bits per heavy atom. The molecule has 0 aliphatic heterocycles. The maximum atomic E-state index is 13.6. The molecule has 0 aliphatic carbocycles. The Hall–Kier alpha value is -1.99. The fourth-order valence-corrected chi connectivity index (χ4v) is 4.34. The molecule has 2 aromatic carbocycles. The van der Waals surface area contributed by atoms with Crippen molar-refractivity contribution in [3.8, 4) is 11.1 Å². The minimum atomic E-state index is -4.34. The average Bonchev–Trinajstić information content (AvgIpc) is 2.69. The molecule has 164 valence electrons. The van der Waals surface area contributed by atoms with Crippen molar-refractivity contribution in [2.75, 3.05) is 11.5 Å². The lowest BCUT2D eigenvalue weighted by Gasteiger charge is -2.21. The Balaban J connectivity index is 2.08. The van der Waals surface area contributed by atoms with Crippen LogP contribution in [-0.4, -0.2) is 34.8 Å². The van der Waals surface area contributed by atoms with E-state index in [1.807, 2.05) is 24.3 Å². The smallest absolute Gasteiger partial charge is 0.395 e. The summed E-state index contributed by atoms with van der Waals surface area (Å²) >= 11 is 1.30. The first-order valence-electron chi connectivity index (χ1n) is 9.93. The van der Waals surface area contributed by atoms with Crippen molar-refractivity contribution in [2.24, 2.45) is 5.73 Å². The van der Waals surface area contributed by atoms with Gasteiger partial charge in [0.15, 0.2) is 0 Å². The maximum Gasteiger partial charge on any atom is 0.395 e. The van der Waals surface area contributed by atoms with Crippen molar-refractivity contribution in [1.29, 1.82) is 0 Å². The largest absolute Gasteiger partial charge is 0.480 e. The molecule has 2 rings (SSSR count). The number of carbonyl (C=O) groups is 1. The molecule has 30 heavy (non-hydrogen) atoms. The average molecular weight is 440 g/mol. The molecule has 7 heteroatoms. The first kappa shape index (κ1) is 24.3. The molecule has 0 bridgehead atoms. The SMILES string of the molecule is CC(C)c1ccccc1-c1ccc(C(CCSCCC(N)C(=O)O)C(F)(F)F)cc1. The Labute approximate surface area is 179 Å². The normalized spacial score (nSPS) is 14.0. The van der Waals surface area contributed by atoms with Gasteiger partial charge in [-0.25, -0.2) is 0 Å². The van der Waals surface area contributed by atoms with E-state index < -0.39 is 24.1 Å². The highest BCUT2D eigenvalue weighted by molar-refractivity contribution is 7.99. The minimum absolute atomic E-state index is 0.0571. The standard InChI is InChI=1S/C23H28F3NO2S/c1-15(2)18-5-3-4-6-19(18)16-7-9-17(10-8-16)20(23(24,25)26)11-13-30-14-12-21(27)22(28)29/h3-10,15,20-21H,11-14,27H2,1-2H3,(H,28,29). The number of aliphatic carboxylic acids is 1. The van der Waals surface area contributed by atoms with Crippen molar-refractivity contribution < 1.29 is 23.1 Å². The van der Waals surface area contributed by atoms with E-state index in [0.29, 0.717) is 11.7 Å². The number of hydrogen-bond acceptors (Lipinski definition) is 3. The van der Waals surface area contributed by atoms with Gasteiger partial charge < -0.3 is 10.8 Å². The number of carboxylic acids is 1. The Kier molecular flexibility index (Phi) is 8.79. The van der Waals surface area contributed by atoms with Crippen LogP contribution in [-0.2, 0) is 4.79 Å². The fraction of sp³-hybridized carbons (Fsp3) is 0.435. The number of hydrogen-bond donors (Lipinski definition) is 2. The van der Waals surface area contributed by atoms with Crippen LogP contribution in [0.25, 0.3) is 11.1 Å². The second kappa shape index (κ2) is 10.9. The first-order valence-corrected chi connectivity index (χ1v) is 11.1. The van der Waals surface area contributed by atoms with E-state index in [9.17, 15) is 18.0 Å². The summed E-state index contributed by atoms with van der Waals surface area (Å²) in [4.78, 5) is 10.7. The third kappa shape index (κ3) is 6.77. The van der Waals surface area contributed by atoms with Crippen LogP contribution < -0.4 is 5.73 Å². The van der Waals surface area contributed by atoms with Crippen molar-refractivity contribution in [2.45, 2.75) is 50.7 Å². The van der Waals surface area contributed by atoms with Gasteiger partial charge in [-0.1, -0.05) is 62.4 Å². The third-order valence-corrected chi connectivity index (χ3v) is 6.09. The molecule has 0 aliphatic rings. The molecule has 3 nitrogen and oxygen atoms in total. The van der Waals surface area contributed by atoms with Gasteiger partial charge in [0.05, 0.1) is 5.92 Å². The molecule has 2 aromatic rings. The number of alkyl halides is 3. The van der Waals surface area contributed by atoms with E-state index in [0.717, 1.165) is 16.7 Å². The molecule has 0 radical (unpaired) electrons. The first-order chi connectivity index (χ1) is 14.1. The number of rotatable bonds is 10. The second-order valence-corrected chi connectivity index (χ2v) is 8.82. The van der Waals surface area contributed by atoms with Gasteiger partial charge in [0.2, 0.25) is 0 Å². The van der Waals surface area contributed by atoms with E-state index in [2.05, 4.69) is 13.8 Å². The van der Waals surface area contributed by atoms with Crippen LogP contribution in [0.15, 0.2) is 48.5 Å². The minimum Gasteiger partial charge on any atom is -0.480 e. The zero-order chi connectivity index (χ0) is 22.3. The molecule has 2 unspecified atom stereocenters. The lowest BCUT2D eigenvalue weighted by molar-refractivity contribution is -0.150. The van der Waals surface area contributed by atoms with Gasteiger partial charge in [-0.15, -0.1) is 0 Å². The summed E-state index contributed by atoms with van der Waals surface area (Å²) < 4.78 is 40.9. The van der Waals surface area contributed by atoms with Crippen molar-refractivity contribution >= 4 is 17.7 Å². The highest BCUT2D eigenvalue weighted by atomic mass is 32.2. The number of nitrogens with two attached hydrogens (primary N) is 1. The number of carboxylic acid groups (broad SMARTS) is 1. The van der Waals surface area contributed by atoms with Crippen LogP contribution in [0.3, 0.4) is 0 Å². The molecule has 0 aromatic heterocycles. The van der Waals surface area contributed by atoms with Crippen LogP contribution >= 0.6 is 11.8 Å². The summed E-state index contributed by atoms with van der Waals surface area (Å²) in [7, 11) is 0. The molecule has 0 saturated carbocycles. The van der Waals surface area contributed by atoms with Crippen LogP contribution in [0.5, 0.6) is 0 Å². The van der Waals surface area contributed by atoms with Gasteiger partial charge >= 0.3 is 12.1 Å². The molecular weight excluding hydrogens is 411 g/mol. The summed E-state index contributed by atoms with van der Waals surface area (Å²) in [5, 5.41) is 8.75. The zero-order valence-electron chi connectivity index (χ0n) is 17.2. The van der Waals surface area contributed by atoms with Crippen LogP contribution in [0.1, 0.15) is 49.7 Å². The number of benzene rings is 2. The van der Waals surface area contributed by atoms with Crippen LogP contribution in [0.4, 0.5) is 13.2 Å². The van der Waals surface area contributed by atoms with Gasteiger partial charge in [-0.05, 0) is 52.5 Å². The predicted octanol–water partition coefficient (Wildman–Crippen LogP) is 6.05. The molecule has 0 amide bonds. The Bertz CT molecular complexity index is 822. The van der Waals surface area contributed by atoms with E-state index in [1.165, 1.54) is 11.8 Å². The summed E-state index contributed by atoms with van der Waals surface area (Å²) in [5.41, 5.74) is 8.76. The fourth-order valence-electron chi connectivity index (χ4n) is 3.31. The van der Waals surface area contributed by atoms with E-state index >= 15 is 0 Å². The topological polar surface area (TPSA) is 63.3 Å². The summed E-state index contributed by atoms with van der Waals surface area (Å²) in [6.45, 7) is 4.18. The summed E-state index contributed by atoms with van der Waals surface area (Å²) in [6.07, 6.45) is -4.16. The molecule has 0 spiro atoms. The highest BCUT2D eigenvalue weighted by Crippen LogP contribution is 2.39. The lowest BCUT2D eigenvalue weighted by Crippen LogP contribution is -2.30. The predicted molar refractivity (Wildman–Crippen MR) is 117 cm³/mol. The van der Waals surface area contributed by atoms with Gasteiger partial charge in [-0.2, -0.15) is 24.9 Å². The van der Waals surface area contributed by atoms with Crippen molar-refractivity contribution in [3.63, 3.8) is 0 Å². The van der Waals surface area contributed by atoms with Gasteiger partial charge in [0.1, 0.15) is 6.04 Å². The van der Waals surface area contributed by atoms with E-state index in [4.69, 9.17) is 10.8 Å². The number of thioether (sulfide) groups is 1. The Morgan fingerprint density at radius 1 is 1.03 bits per heavy atom. The van der Waals surface area contributed by atoms with Crippen molar-refractivity contribution in [3.05, 3.63) is 59.7 Å². The van der Waals surface area contributed by atoms with E-state index in [1.54, 1.807) is 24.3 Å². The quantitative estimate of drug-likeness (QED) is 0.443.